The maximum absolute atomic E-state index is 13.5. The summed E-state index contributed by atoms with van der Waals surface area (Å²) in [4.78, 5) is 44.4. The second-order valence-electron chi connectivity index (χ2n) is 7.75. The van der Waals surface area contributed by atoms with Crippen LogP contribution in [0.4, 0.5) is 9.52 Å². The molecule has 8 nitrogen and oxygen atoms in total. The lowest BCUT2D eigenvalue weighted by molar-refractivity contribution is -0.132. The molecule has 0 saturated carbocycles. The van der Waals surface area contributed by atoms with Gasteiger partial charge in [-0.25, -0.2) is 14.2 Å². The number of ether oxygens (including phenoxy) is 2. The van der Waals surface area contributed by atoms with Gasteiger partial charge in [-0.1, -0.05) is 36.1 Å². The average molecular weight is 509 g/mol. The summed E-state index contributed by atoms with van der Waals surface area (Å²) in [5.41, 5.74) is 0.722. The molecule has 10 heteroatoms. The molecule has 36 heavy (non-hydrogen) atoms. The van der Waals surface area contributed by atoms with Gasteiger partial charge in [0.1, 0.15) is 28.8 Å². The van der Waals surface area contributed by atoms with Gasteiger partial charge in [0.15, 0.2) is 5.13 Å². The van der Waals surface area contributed by atoms with Crippen LogP contribution in [0.1, 0.15) is 32.5 Å². The van der Waals surface area contributed by atoms with Gasteiger partial charge in [-0.15, -0.1) is 0 Å². The Morgan fingerprint density at radius 3 is 2.64 bits per heavy atom. The summed E-state index contributed by atoms with van der Waals surface area (Å²) in [6.07, 6.45) is 1.57. The number of aromatic nitrogens is 1. The van der Waals surface area contributed by atoms with Crippen LogP contribution in [-0.2, 0) is 14.3 Å². The van der Waals surface area contributed by atoms with Crippen molar-refractivity contribution in [1.29, 1.82) is 0 Å². The Labute approximate surface area is 209 Å². The molecule has 0 radical (unpaired) electrons. The molecule has 1 aliphatic rings. The van der Waals surface area contributed by atoms with Gasteiger partial charge in [0.05, 0.1) is 24.4 Å². The standard InChI is InChI=1S/C26H21FN2O6S/c1-4-12-35-18-7-5-6-16(13-18)20-19(21(30)15-8-10-17(27)11-9-15)22(31)24(32)29(20)26-28-14(2)23(36-26)25(33)34-3/h4-11,13,20,30H,1,12H2,2-3H3. The molecule has 1 saturated heterocycles. The molecular formula is C26H21FN2O6S. The number of hydrogen-bond donors (Lipinski definition) is 1. The van der Waals surface area contributed by atoms with E-state index in [1.165, 1.54) is 19.2 Å². The Bertz CT molecular complexity index is 1400. The van der Waals surface area contributed by atoms with Crippen molar-refractivity contribution in [3.63, 3.8) is 0 Å². The second kappa shape index (κ2) is 10.1. The number of hydrogen-bond acceptors (Lipinski definition) is 8. The van der Waals surface area contributed by atoms with Crippen LogP contribution >= 0.6 is 11.3 Å². The summed E-state index contributed by atoms with van der Waals surface area (Å²) in [7, 11) is 1.23. The minimum atomic E-state index is -1.10. The van der Waals surface area contributed by atoms with E-state index in [9.17, 15) is 23.9 Å². The summed E-state index contributed by atoms with van der Waals surface area (Å²) < 4.78 is 23.9. The fourth-order valence-electron chi connectivity index (χ4n) is 3.81. The Kier molecular flexibility index (Phi) is 6.98. The van der Waals surface area contributed by atoms with Crippen LogP contribution in [0.25, 0.3) is 5.76 Å². The highest BCUT2D eigenvalue weighted by Crippen LogP contribution is 2.44. The fourth-order valence-corrected chi connectivity index (χ4v) is 4.82. The Balaban J connectivity index is 1.92. The maximum Gasteiger partial charge on any atom is 0.350 e. The molecular weight excluding hydrogens is 487 g/mol. The molecule has 184 valence electrons. The van der Waals surface area contributed by atoms with Crippen molar-refractivity contribution in [3.05, 3.63) is 94.3 Å². The minimum absolute atomic E-state index is 0.0792. The van der Waals surface area contributed by atoms with Gasteiger partial charge in [-0.05, 0) is 48.9 Å². The van der Waals surface area contributed by atoms with E-state index < -0.39 is 35.3 Å². The van der Waals surface area contributed by atoms with Crippen LogP contribution in [0.3, 0.4) is 0 Å². The number of ketones is 1. The predicted octanol–water partition coefficient (Wildman–Crippen LogP) is 4.57. The number of aryl methyl sites for hydroxylation is 1. The number of aliphatic hydroxyl groups is 1. The molecule has 1 unspecified atom stereocenters. The van der Waals surface area contributed by atoms with Crippen LogP contribution in [0.2, 0.25) is 0 Å². The summed E-state index contributed by atoms with van der Waals surface area (Å²) in [6.45, 7) is 5.43. The van der Waals surface area contributed by atoms with Crippen molar-refractivity contribution in [2.45, 2.75) is 13.0 Å². The van der Waals surface area contributed by atoms with Crippen LogP contribution in [0, 0.1) is 12.7 Å². The van der Waals surface area contributed by atoms with Crippen LogP contribution < -0.4 is 9.64 Å². The lowest BCUT2D eigenvalue weighted by Crippen LogP contribution is -2.29. The van der Waals surface area contributed by atoms with Gasteiger partial charge >= 0.3 is 11.9 Å². The molecule has 0 aliphatic carbocycles. The third-order valence-corrected chi connectivity index (χ3v) is 6.60. The third kappa shape index (κ3) is 4.50. The first kappa shape index (κ1) is 24.8. The average Bonchev–Trinajstić information content (AvgIpc) is 3.39. The summed E-state index contributed by atoms with van der Waals surface area (Å²) >= 11 is 0.892. The Hall–Kier alpha value is -4.31. The number of carbonyl (C=O) groups excluding carboxylic acids is 3. The summed E-state index contributed by atoms with van der Waals surface area (Å²) in [5, 5.41) is 11.2. The molecule has 2 aromatic carbocycles. The lowest BCUT2D eigenvalue weighted by Gasteiger charge is -2.23. The maximum atomic E-state index is 13.5. The topological polar surface area (TPSA) is 106 Å². The minimum Gasteiger partial charge on any atom is -0.507 e. The highest BCUT2D eigenvalue weighted by molar-refractivity contribution is 7.17. The number of thiazole rings is 1. The van der Waals surface area contributed by atoms with Crippen LogP contribution in [-0.4, -0.2) is 41.5 Å². The van der Waals surface area contributed by atoms with E-state index in [-0.39, 0.29) is 27.8 Å². The molecule has 0 spiro atoms. The summed E-state index contributed by atoms with van der Waals surface area (Å²) in [6, 6.07) is 10.5. The lowest BCUT2D eigenvalue weighted by atomic mass is 9.95. The highest BCUT2D eigenvalue weighted by atomic mass is 32.1. The number of methoxy groups -OCH3 is 1. The number of amides is 1. The first-order chi connectivity index (χ1) is 17.3. The van der Waals surface area contributed by atoms with Gasteiger partial charge in [0, 0.05) is 5.56 Å². The Morgan fingerprint density at radius 2 is 1.97 bits per heavy atom. The number of halogens is 1. The number of nitrogens with zero attached hydrogens (tertiary/aromatic N) is 2. The van der Waals surface area contributed by atoms with Crippen molar-refractivity contribution in [3.8, 4) is 5.75 Å². The molecule has 0 bridgehead atoms. The number of carbonyl (C=O) groups is 3. The van der Waals surface area contributed by atoms with Gasteiger partial charge in [-0.2, -0.15) is 0 Å². The van der Waals surface area contributed by atoms with Crippen molar-refractivity contribution in [2.75, 3.05) is 18.6 Å². The molecule has 1 aliphatic heterocycles. The van der Waals surface area contributed by atoms with Gasteiger partial charge in [0.2, 0.25) is 0 Å². The number of rotatable bonds is 7. The van der Waals surface area contributed by atoms with E-state index in [0.29, 0.717) is 17.0 Å². The number of esters is 1. The zero-order valence-electron chi connectivity index (χ0n) is 19.4. The van der Waals surface area contributed by atoms with E-state index in [0.717, 1.165) is 28.4 Å². The van der Waals surface area contributed by atoms with Crippen molar-refractivity contribution < 1.29 is 33.4 Å². The molecule has 2 heterocycles. The monoisotopic (exact) mass is 508 g/mol. The molecule has 1 atom stereocenters. The summed E-state index contributed by atoms with van der Waals surface area (Å²) in [5.74, 6) is -3.07. The number of benzene rings is 2. The zero-order chi connectivity index (χ0) is 26.0. The predicted molar refractivity (Wildman–Crippen MR) is 132 cm³/mol. The van der Waals surface area contributed by atoms with Crippen LogP contribution in [0.15, 0.2) is 66.8 Å². The highest BCUT2D eigenvalue weighted by Gasteiger charge is 2.48. The molecule has 1 fully saturated rings. The number of aliphatic hydroxyl groups excluding tert-OH is 1. The molecule has 1 aromatic heterocycles. The molecule has 1 N–H and O–H groups in total. The Morgan fingerprint density at radius 1 is 1.25 bits per heavy atom. The number of anilines is 1. The van der Waals surface area contributed by atoms with Crippen LogP contribution in [0.5, 0.6) is 5.75 Å². The van der Waals surface area contributed by atoms with E-state index in [1.54, 1.807) is 37.3 Å². The van der Waals surface area contributed by atoms with E-state index in [1.807, 2.05) is 0 Å². The van der Waals surface area contributed by atoms with Crippen molar-refractivity contribution >= 4 is 39.9 Å². The first-order valence-corrected chi connectivity index (χ1v) is 11.5. The van der Waals surface area contributed by atoms with Crippen molar-refractivity contribution in [2.24, 2.45) is 0 Å². The second-order valence-corrected chi connectivity index (χ2v) is 8.73. The zero-order valence-corrected chi connectivity index (χ0v) is 20.2. The third-order valence-electron chi connectivity index (χ3n) is 5.47. The molecule has 3 aromatic rings. The SMILES string of the molecule is C=CCOc1cccc(C2C(=C(O)c3ccc(F)cc3)C(=O)C(=O)N2c2nc(C)c(C(=O)OC)s2)c1. The number of Topliss-reactive ketones (excluding diaryl/α,β-unsaturated/α-hetero) is 1. The van der Waals surface area contributed by atoms with E-state index >= 15 is 0 Å². The van der Waals surface area contributed by atoms with Gasteiger partial charge in [-0.3, -0.25) is 14.5 Å². The molecule has 4 rings (SSSR count). The quantitative estimate of drug-likeness (QED) is 0.164. The van der Waals surface area contributed by atoms with Gasteiger partial charge < -0.3 is 14.6 Å². The largest absolute Gasteiger partial charge is 0.507 e. The first-order valence-electron chi connectivity index (χ1n) is 10.7. The van der Waals surface area contributed by atoms with E-state index in [2.05, 4.69) is 11.6 Å². The normalized spacial score (nSPS) is 16.8. The van der Waals surface area contributed by atoms with E-state index in [4.69, 9.17) is 9.47 Å². The smallest absolute Gasteiger partial charge is 0.350 e. The van der Waals surface area contributed by atoms with Gasteiger partial charge in [0.25, 0.3) is 5.78 Å². The molecule has 1 amide bonds. The van der Waals surface area contributed by atoms with Crippen molar-refractivity contribution in [1.82, 2.24) is 4.98 Å². The fraction of sp³-hybridized carbons (Fsp3) is 0.154.